The van der Waals surface area contributed by atoms with E-state index in [0.29, 0.717) is 10.5 Å². The zero-order valence-electron chi connectivity index (χ0n) is 11.9. The summed E-state index contributed by atoms with van der Waals surface area (Å²) in [5.74, 6) is 0. The third-order valence-corrected chi connectivity index (χ3v) is 4.15. The molecule has 6 nitrogen and oxygen atoms in total. The van der Waals surface area contributed by atoms with Crippen molar-refractivity contribution in [2.75, 3.05) is 0 Å². The van der Waals surface area contributed by atoms with Gasteiger partial charge in [-0.3, -0.25) is 13.9 Å². The Morgan fingerprint density at radius 3 is 2.32 bits per heavy atom. The molecule has 0 aliphatic carbocycles. The van der Waals surface area contributed by atoms with Gasteiger partial charge in [0.1, 0.15) is 0 Å². The zero-order chi connectivity index (χ0) is 16.0. The van der Waals surface area contributed by atoms with Gasteiger partial charge in [-0.1, -0.05) is 23.7 Å². The van der Waals surface area contributed by atoms with Crippen LogP contribution in [0.15, 0.2) is 33.9 Å². The van der Waals surface area contributed by atoms with Gasteiger partial charge in [-0.25, -0.2) is 4.79 Å². The fourth-order valence-electron chi connectivity index (χ4n) is 2.33. The van der Waals surface area contributed by atoms with Crippen LogP contribution in [0.1, 0.15) is 5.56 Å². The molecule has 0 saturated carbocycles. The zero-order valence-corrected chi connectivity index (χ0v) is 13.4. The van der Waals surface area contributed by atoms with Gasteiger partial charge in [0, 0.05) is 19.1 Å². The lowest BCUT2D eigenvalue weighted by atomic mass is 10.2. The Morgan fingerprint density at radius 2 is 1.68 bits per heavy atom. The lowest BCUT2D eigenvalue weighted by molar-refractivity contribution is 0.655. The van der Waals surface area contributed by atoms with Crippen LogP contribution in [-0.2, 0) is 20.6 Å². The van der Waals surface area contributed by atoms with Gasteiger partial charge in [0.05, 0.1) is 6.54 Å². The fraction of sp³-hybridized carbons (Fsp3) is 0.214. The highest BCUT2D eigenvalue weighted by Crippen LogP contribution is 2.14. The molecule has 114 valence electrons. The first-order valence-electron chi connectivity index (χ1n) is 6.46. The summed E-state index contributed by atoms with van der Waals surface area (Å²) in [5.41, 5.74) is 0.504. The smallest absolute Gasteiger partial charge is 0.312 e. The largest absolute Gasteiger partial charge is 0.332 e. The van der Waals surface area contributed by atoms with Gasteiger partial charge in [0.2, 0.25) is 5.28 Å². The van der Waals surface area contributed by atoms with Crippen LogP contribution < -0.4 is 11.2 Å². The molecule has 2 heterocycles. The van der Waals surface area contributed by atoms with Crippen molar-refractivity contribution in [1.29, 1.82) is 0 Å². The van der Waals surface area contributed by atoms with E-state index < -0.39 is 11.2 Å². The number of imidazole rings is 1. The average molecular weight is 339 g/mol. The molecule has 0 saturated heterocycles. The number of aromatic nitrogens is 4. The molecule has 0 fully saturated rings. The van der Waals surface area contributed by atoms with Gasteiger partial charge < -0.3 is 4.57 Å². The highest BCUT2D eigenvalue weighted by Gasteiger charge is 2.17. The predicted octanol–water partition coefficient (Wildman–Crippen LogP) is 1.79. The Balaban J connectivity index is 2.26. The molecule has 3 aromatic rings. The van der Waals surface area contributed by atoms with Crippen LogP contribution in [0.2, 0.25) is 10.3 Å². The van der Waals surface area contributed by atoms with E-state index in [1.54, 1.807) is 38.4 Å². The molecule has 0 aliphatic heterocycles. The minimum Gasteiger partial charge on any atom is -0.312 e. The molecule has 0 unspecified atom stereocenters. The quantitative estimate of drug-likeness (QED) is 0.669. The van der Waals surface area contributed by atoms with E-state index >= 15 is 0 Å². The third-order valence-electron chi connectivity index (χ3n) is 3.56. The van der Waals surface area contributed by atoms with E-state index in [-0.39, 0.29) is 17.5 Å². The van der Waals surface area contributed by atoms with E-state index in [1.165, 1.54) is 9.13 Å². The van der Waals surface area contributed by atoms with Gasteiger partial charge in [0.25, 0.3) is 5.56 Å². The Bertz CT molecular complexity index is 983. The van der Waals surface area contributed by atoms with Crippen molar-refractivity contribution >= 4 is 34.4 Å². The topological polar surface area (TPSA) is 61.8 Å². The molecule has 3 rings (SSSR count). The van der Waals surface area contributed by atoms with Crippen LogP contribution in [0.5, 0.6) is 0 Å². The molecule has 0 N–H and O–H groups in total. The molecular formula is C14H12Cl2N4O2. The van der Waals surface area contributed by atoms with Gasteiger partial charge in [-0.15, -0.1) is 0 Å². The van der Waals surface area contributed by atoms with Crippen LogP contribution >= 0.6 is 23.2 Å². The molecule has 2 aromatic heterocycles. The summed E-state index contributed by atoms with van der Waals surface area (Å²) in [6.07, 6.45) is 0. The predicted molar refractivity (Wildman–Crippen MR) is 85.8 cm³/mol. The molecule has 0 amide bonds. The third kappa shape index (κ3) is 2.24. The maximum absolute atomic E-state index is 12.6. The summed E-state index contributed by atoms with van der Waals surface area (Å²) >= 11 is 11.8. The van der Waals surface area contributed by atoms with E-state index in [1.807, 2.05) is 0 Å². The van der Waals surface area contributed by atoms with E-state index in [9.17, 15) is 9.59 Å². The standard InChI is InChI=1S/C14H12Cl2N4O2/c1-18-10-11(17-13(18)16)19(2)14(22)20(12(10)21)7-8-3-5-9(15)6-4-8/h3-6H,7H2,1-2H3. The molecule has 0 atom stereocenters. The molecule has 0 radical (unpaired) electrons. The monoisotopic (exact) mass is 338 g/mol. The number of benzene rings is 1. The van der Waals surface area contributed by atoms with Crippen molar-refractivity contribution in [2.24, 2.45) is 14.1 Å². The number of halogens is 2. The van der Waals surface area contributed by atoms with Crippen LogP contribution in [0.4, 0.5) is 0 Å². The highest BCUT2D eigenvalue weighted by molar-refractivity contribution is 6.30. The SMILES string of the molecule is Cn1c(Cl)nc2c1c(=O)n(Cc1ccc(Cl)cc1)c(=O)n2C. The molecule has 1 aromatic carbocycles. The van der Waals surface area contributed by atoms with E-state index in [4.69, 9.17) is 23.2 Å². The summed E-state index contributed by atoms with van der Waals surface area (Å²) in [4.78, 5) is 29.1. The van der Waals surface area contributed by atoms with E-state index in [2.05, 4.69) is 4.98 Å². The highest BCUT2D eigenvalue weighted by atomic mass is 35.5. The fourth-order valence-corrected chi connectivity index (χ4v) is 2.62. The Kier molecular flexibility index (Phi) is 3.58. The maximum atomic E-state index is 12.6. The maximum Gasteiger partial charge on any atom is 0.332 e. The minimum atomic E-state index is -0.442. The second kappa shape index (κ2) is 5.30. The van der Waals surface area contributed by atoms with Crippen LogP contribution in [0.3, 0.4) is 0 Å². The first-order valence-corrected chi connectivity index (χ1v) is 7.22. The number of rotatable bonds is 2. The molecule has 0 spiro atoms. The van der Waals surface area contributed by atoms with Gasteiger partial charge in [-0.05, 0) is 29.3 Å². The molecule has 0 bridgehead atoms. The van der Waals surface area contributed by atoms with Crippen molar-refractivity contribution in [1.82, 2.24) is 18.7 Å². The molecular weight excluding hydrogens is 327 g/mol. The summed E-state index contributed by atoms with van der Waals surface area (Å²) in [6.45, 7) is 0.154. The van der Waals surface area contributed by atoms with Crippen molar-refractivity contribution in [3.63, 3.8) is 0 Å². The van der Waals surface area contributed by atoms with Gasteiger partial charge >= 0.3 is 5.69 Å². The Hall–Kier alpha value is -2.05. The minimum absolute atomic E-state index is 0.154. The lowest BCUT2D eigenvalue weighted by Gasteiger charge is -2.08. The first-order chi connectivity index (χ1) is 10.4. The van der Waals surface area contributed by atoms with Gasteiger partial charge in [-0.2, -0.15) is 4.98 Å². The van der Waals surface area contributed by atoms with Crippen molar-refractivity contribution in [2.45, 2.75) is 6.54 Å². The van der Waals surface area contributed by atoms with Crippen molar-refractivity contribution < 1.29 is 0 Å². The van der Waals surface area contributed by atoms with Crippen LogP contribution in [0, 0.1) is 0 Å². The van der Waals surface area contributed by atoms with Crippen LogP contribution in [-0.4, -0.2) is 18.7 Å². The number of hydrogen-bond donors (Lipinski definition) is 0. The lowest BCUT2D eigenvalue weighted by Crippen LogP contribution is -2.39. The summed E-state index contributed by atoms with van der Waals surface area (Å²) in [6, 6.07) is 6.97. The van der Waals surface area contributed by atoms with Crippen molar-refractivity contribution in [3.05, 3.63) is 61.0 Å². The number of fused-ring (bicyclic) bond motifs is 1. The number of hydrogen-bond acceptors (Lipinski definition) is 3. The summed E-state index contributed by atoms with van der Waals surface area (Å²) < 4.78 is 3.94. The van der Waals surface area contributed by atoms with Crippen molar-refractivity contribution in [3.8, 4) is 0 Å². The summed E-state index contributed by atoms with van der Waals surface area (Å²) in [5, 5.41) is 0.754. The normalized spacial score (nSPS) is 11.3. The van der Waals surface area contributed by atoms with Gasteiger partial charge in [0.15, 0.2) is 11.2 Å². The number of aryl methyl sites for hydroxylation is 2. The Morgan fingerprint density at radius 1 is 1.05 bits per heavy atom. The summed E-state index contributed by atoms with van der Waals surface area (Å²) in [7, 11) is 3.20. The molecule has 22 heavy (non-hydrogen) atoms. The number of nitrogens with zero attached hydrogens (tertiary/aromatic N) is 4. The molecule has 0 aliphatic rings. The molecule has 8 heteroatoms. The second-order valence-electron chi connectivity index (χ2n) is 4.97. The average Bonchev–Trinajstić information content (AvgIpc) is 2.79. The Labute approximate surface area is 135 Å². The van der Waals surface area contributed by atoms with Crippen LogP contribution in [0.25, 0.3) is 11.2 Å². The first kappa shape index (κ1) is 14.9. The van der Waals surface area contributed by atoms with E-state index in [0.717, 1.165) is 10.1 Å². The second-order valence-corrected chi connectivity index (χ2v) is 5.75.